The van der Waals surface area contributed by atoms with Gasteiger partial charge in [-0.05, 0) is 37.6 Å². The van der Waals surface area contributed by atoms with Crippen LogP contribution in [0.2, 0.25) is 0 Å². The molecule has 1 aliphatic rings. The molecule has 1 saturated heterocycles. The third-order valence-corrected chi connectivity index (χ3v) is 7.18. The Bertz CT molecular complexity index is 949. The van der Waals surface area contributed by atoms with E-state index in [4.69, 9.17) is 0 Å². The lowest BCUT2D eigenvalue weighted by Gasteiger charge is -2.27. The van der Waals surface area contributed by atoms with Crippen molar-refractivity contribution in [2.24, 2.45) is 0 Å². The summed E-state index contributed by atoms with van der Waals surface area (Å²) in [6, 6.07) is 18.0. The van der Waals surface area contributed by atoms with E-state index in [9.17, 15) is 4.79 Å². The number of nitrogens with zero attached hydrogens (tertiary/aromatic N) is 3. The highest BCUT2D eigenvalue weighted by molar-refractivity contribution is 7.99. The molecule has 0 spiro atoms. The highest BCUT2D eigenvalue weighted by atomic mass is 32.2. The van der Waals surface area contributed by atoms with Crippen LogP contribution in [0.25, 0.3) is 0 Å². The number of amides is 1. The molecule has 1 unspecified atom stereocenters. The molecule has 2 heterocycles. The summed E-state index contributed by atoms with van der Waals surface area (Å²) in [4.78, 5) is 24.3. The molecule has 7 heteroatoms. The predicted molar refractivity (Wildman–Crippen MR) is 126 cm³/mol. The Morgan fingerprint density at radius 2 is 1.87 bits per heavy atom. The van der Waals surface area contributed by atoms with Gasteiger partial charge in [0.2, 0.25) is 5.91 Å². The zero-order valence-electron chi connectivity index (χ0n) is 17.0. The van der Waals surface area contributed by atoms with E-state index in [0.29, 0.717) is 0 Å². The number of aromatic nitrogens is 1. The van der Waals surface area contributed by atoms with E-state index in [2.05, 4.69) is 38.3 Å². The number of nitrogens with one attached hydrogen (secondary N) is 1. The molecule has 1 atom stereocenters. The van der Waals surface area contributed by atoms with Crippen LogP contribution in [0.4, 0.5) is 10.8 Å². The van der Waals surface area contributed by atoms with E-state index in [1.54, 1.807) is 23.1 Å². The second-order valence-corrected chi connectivity index (χ2v) is 9.26. The maximum absolute atomic E-state index is 13.1. The van der Waals surface area contributed by atoms with Gasteiger partial charge in [-0.2, -0.15) is 0 Å². The second kappa shape index (κ2) is 10.1. The Morgan fingerprint density at radius 1 is 1.07 bits per heavy atom. The lowest BCUT2D eigenvalue weighted by molar-refractivity contribution is -0.120. The van der Waals surface area contributed by atoms with Crippen LogP contribution in [0.5, 0.6) is 0 Å². The molecule has 0 bridgehead atoms. The molecule has 1 N–H and O–H groups in total. The summed E-state index contributed by atoms with van der Waals surface area (Å²) < 4.78 is 0. The van der Waals surface area contributed by atoms with Crippen molar-refractivity contribution in [2.75, 3.05) is 36.4 Å². The van der Waals surface area contributed by atoms with Gasteiger partial charge in [-0.3, -0.25) is 9.69 Å². The van der Waals surface area contributed by atoms with E-state index < -0.39 is 0 Å². The molecule has 5 nitrogen and oxygen atoms in total. The average Bonchev–Trinajstić information content (AvgIpc) is 3.20. The lowest BCUT2D eigenvalue weighted by atomic mass is 10.2. The quantitative estimate of drug-likeness (QED) is 0.597. The number of thiazole rings is 1. The van der Waals surface area contributed by atoms with E-state index in [1.807, 2.05) is 54.9 Å². The van der Waals surface area contributed by atoms with Crippen LogP contribution in [0.3, 0.4) is 0 Å². The number of para-hydroxylation sites is 1. The molecule has 1 aromatic heterocycles. The van der Waals surface area contributed by atoms with Crippen molar-refractivity contribution in [3.8, 4) is 0 Å². The summed E-state index contributed by atoms with van der Waals surface area (Å²) in [7, 11) is 0. The Balaban J connectivity index is 1.39. The molecule has 0 saturated carbocycles. The smallest absolute Gasteiger partial charge is 0.241 e. The van der Waals surface area contributed by atoms with E-state index in [1.165, 1.54) is 0 Å². The van der Waals surface area contributed by atoms with Gasteiger partial charge in [0.15, 0.2) is 5.13 Å². The first kappa shape index (κ1) is 20.9. The summed E-state index contributed by atoms with van der Waals surface area (Å²) in [6.07, 6.45) is 2.88. The molecule has 1 aliphatic heterocycles. The average molecular weight is 439 g/mol. The van der Waals surface area contributed by atoms with Gasteiger partial charge in [-0.1, -0.05) is 42.1 Å². The van der Waals surface area contributed by atoms with Gasteiger partial charge in [0, 0.05) is 47.5 Å². The Labute approximate surface area is 186 Å². The number of hydrogen-bond donors (Lipinski definition) is 1. The predicted octanol–water partition coefficient (Wildman–Crippen LogP) is 4.83. The maximum Gasteiger partial charge on any atom is 0.241 e. The fourth-order valence-corrected chi connectivity index (χ4v) is 5.19. The van der Waals surface area contributed by atoms with Gasteiger partial charge < -0.3 is 10.2 Å². The van der Waals surface area contributed by atoms with Crippen LogP contribution in [0.15, 0.2) is 76.0 Å². The fourth-order valence-electron chi connectivity index (χ4n) is 3.57. The number of carbonyl (C=O) groups is 1. The standard InChI is InChI=1S/C23H26N4OS2/c1-18(26-13-7-14-27(16-15-26)23-24-12-17-29-23)22(28)25-20-10-5-6-11-21(20)30-19-8-3-2-4-9-19/h2-6,8-12,17-18H,7,13-16H2,1H3,(H,25,28). The van der Waals surface area contributed by atoms with Crippen molar-refractivity contribution in [1.82, 2.24) is 9.88 Å². The third kappa shape index (κ3) is 5.22. The van der Waals surface area contributed by atoms with Crippen LogP contribution in [0.1, 0.15) is 13.3 Å². The molecule has 30 heavy (non-hydrogen) atoms. The normalized spacial score (nSPS) is 16.1. The topological polar surface area (TPSA) is 48.5 Å². The molecule has 0 radical (unpaired) electrons. The lowest BCUT2D eigenvalue weighted by Crippen LogP contribution is -2.44. The van der Waals surface area contributed by atoms with Crippen LogP contribution in [-0.4, -0.2) is 48.0 Å². The maximum atomic E-state index is 13.1. The number of benzene rings is 2. The van der Waals surface area contributed by atoms with Crippen LogP contribution in [-0.2, 0) is 4.79 Å². The van der Waals surface area contributed by atoms with Gasteiger partial charge in [0.05, 0.1) is 11.7 Å². The van der Waals surface area contributed by atoms with Crippen molar-refractivity contribution in [1.29, 1.82) is 0 Å². The Morgan fingerprint density at radius 3 is 2.67 bits per heavy atom. The summed E-state index contributed by atoms with van der Waals surface area (Å²) in [5.41, 5.74) is 0.863. The first-order valence-corrected chi connectivity index (χ1v) is 11.9. The minimum Gasteiger partial charge on any atom is -0.347 e. The molecule has 1 fully saturated rings. The first-order chi connectivity index (χ1) is 14.7. The Kier molecular flexibility index (Phi) is 7.04. The van der Waals surface area contributed by atoms with Gasteiger partial charge in [0.1, 0.15) is 0 Å². The number of rotatable bonds is 6. The molecular formula is C23H26N4OS2. The highest BCUT2D eigenvalue weighted by Gasteiger charge is 2.25. The number of anilines is 2. The van der Waals surface area contributed by atoms with Gasteiger partial charge >= 0.3 is 0 Å². The van der Waals surface area contributed by atoms with Crippen molar-refractivity contribution in [2.45, 2.75) is 29.2 Å². The summed E-state index contributed by atoms with van der Waals surface area (Å²) >= 11 is 3.34. The van der Waals surface area contributed by atoms with Crippen LogP contribution in [0, 0.1) is 0 Å². The zero-order valence-corrected chi connectivity index (χ0v) is 18.7. The van der Waals surface area contributed by atoms with Gasteiger partial charge in [-0.25, -0.2) is 4.98 Å². The molecule has 2 aromatic carbocycles. The van der Waals surface area contributed by atoms with Gasteiger partial charge in [0.25, 0.3) is 0 Å². The fraction of sp³-hybridized carbons (Fsp3) is 0.304. The van der Waals surface area contributed by atoms with Crippen molar-refractivity contribution in [3.63, 3.8) is 0 Å². The Hall–Kier alpha value is -2.35. The first-order valence-electron chi connectivity index (χ1n) is 10.2. The van der Waals surface area contributed by atoms with Crippen molar-refractivity contribution >= 4 is 39.8 Å². The zero-order chi connectivity index (χ0) is 20.8. The summed E-state index contributed by atoms with van der Waals surface area (Å²) in [5, 5.41) is 6.24. The number of carbonyl (C=O) groups excluding carboxylic acids is 1. The van der Waals surface area contributed by atoms with Gasteiger partial charge in [-0.15, -0.1) is 11.3 Å². The minimum atomic E-state index is -0.184. The molecule has 0 aliphatic carbocycles. The SMILES string of the molecule is CC(C(=O)Nc1ccccc1Sc1ccccc1)N1CCCN(c2nccs2)CC1. The molecular weight excluding hydrogens is 412 g/mol. The van der Waals surface area contributed by atoms with Crippen molar-refractivity contribution < 1.29 is 4.79 Å². The van der Waals surface area contributed by atoms with Crippen LogP contribution >= 0.6 is 23.1 Å². The largest absolute Gasteiger partial charge is 0.347 e. The van der Waals surface area contributed by atoms with E-state index in [-0.39, 0.29) is 11.9 Å². The van der Waals surface area contributed by atoms with Crippen LogP contribution < -0.4 is 10.2 Å². The second-order valence-electron chi connectivity index (χ2n) is 7.27. The summed E-state index contributed by atoms with van der Waals surface area (Å²) in [5.74, 6) is 0.0406. The third-order valence-electron chi connectivity index (χ3n) is 5.26. The minimum absolute atomic E-state index is 0.0406. The summed E-state index contributed by atoms with van der Waals surface area (Å²) in [6.45, 7) is 5.65. The molecule has 3 aromatic rings. The number of hydrogen-bond acceptors (Lipinski definition) is 6. The van der Waals surface area contributed by atoms with Crippen molar-refractivity contribution in [3.05, 3.63) is 66.2 Å². The van der Waals surface area contributed by atoms with E-state index in [0.717, 1.165) is 53.2 Å². The monoisotopic (exact) mass is 438 g/mol. The molecule has 1 amide bonds. The highest BCUT2D eigenvalue weighted by Crippen LogP contribution is 2.33. The molecule has 4 rings (SSSR count). The molecule has 156 valence electrons. The van der Waals surface area contributed by atoms with E-state index >= 15 is 0 Å².